The van der Waals surface area contributed by atoms with E-state index in [2.05, 4.69) is 0 Å². The summed E-state index contributed by atoms with van der Waals surface area (Å²) in [7, 11) is -3.55. The molecular formula is C14H21FN2O3S. The smallest absolute Gasteiger partial charge is 0.222 e. The van der Waals surface area contributed by atoms with Gasteiger partial charge in [-0.3, -0.25) is 4.79 Å². The van der Waals surface area contributed by atoms with Crippen LogP contribution < -0.4 is 5.14 Å². The number of primary sulfonamides is 1. The Labute approximate surface area is 125 Å². The summed E-state index contributed by atoms with van der Waals surface area (Å²) in [5.74, 6) is -0.766. The normalized spacial score (nSPS) is 11.4. The highest BCUT2D eigenvalue weighted by atomic mass is 32.2. The van der Waals surface area contributed by atoms with Crippen molar-refractivity contribution < 1.29 is 17.6 Å². The predicted octanol–water partition coefficient (Wildman–Crippen LogP) is 1.63. The molecule has 0 atom stereocenters. The minimum atomic E-state index is -3.55. The minimum absolute atomic E-state index is 0.0882. The Morgan fingerprint density at radius 1 is 1.33 bits per heavy atom. The molecule has 2 N–H and O–H groups in total. The van der Waals surface area contributed by atoms with Crippen LogP contribution in [-0.4, -0.2) is 31.5 Å². The van der Waals surface area contributed by atoms with Crippen molar-refractivity contribution in [3.63, 3.8) is 0 Å². The SMILES string of the molecule is CCCN(Cc1ccccc1F)C(=O)CCCS(N)(=O)=O. The lowest BCUT2D eigenvalue weighted by Gasteiger charge is -2.22. The Hall–Kier alpha value is -1.47. The number of amides is 1. The van der Waals surface area contributed by atoms with Gasteiger partial charge in [0.2, 0.25) is 15.9 Å². The second-order valence-corrected chi connectivity index (χ2v) is 6.61. The topological polar surface area (TPSA) is 80.5 Å². The van der Waals surface area contributed by atoms with Crippen LogP contribution in [0.1, 0.15) is 31.7 Å². The number of nitrogens with zero attached hydrogens (tertiary/aromatic N) is 1. The summed E-state index contributed by atoms with van der Waals surface area (Å²) in [4.78, 5) is 13.6. The van der Waals surface area contributed by atoms with Gasteiger partial charge in [-0.25, -0.2) is 17.9 Å². The zero-order valence-electron chi connectivity index (χ0n) is 12.1. The van der Waals surface area contributed by atoms with Gasteiger partial charge in [0.1, 0.15) is 5.82 Å². The molecule has 0 fully saturated rings. The Balaban J connectivity index is 2.64. The van der Waals surface area contributed by atoms with E-state index in [0.717, 1.165) is 6.42 Å². The molecule has 0 aromatic heterocycles. The summed E-state index contributed by atoms with van der Waals surface area (Å²) in [5, 5.41) is 4.90. The Kier molecular flexibility index (Phi) is 6.77. The van der Waals surface area contributed by atoms with Crippen molar-refractivity contribution in [3.8, 4) is 0 Å². The number of rotatable bonds is 8. The number of nitrogens with two attached hydrogens (primary N) is 1. The van der Waals surface area contributed by atoms with E-state index >= 15 is 0 Å². The van der Waals surface area contributed by atoms with Crippen LogP contribution in [0, 0.1) is 5.82 Å². The van der Waals surface area contributed by atoms with Crippen LogP contribution in [-0.2, 0) is 21.4 Å². The molecule has 0 spiro atoms. The first-order valence-electron chi connectivity index (χ1n) is 6.85. The van der Waals surface area contributed by atoms with Gasteiger partial charge in [0.25, 0.3) is 0 Å². The first-order valence-corrected chi connectivity index (χ1v) is 8.56. The lowest BCUT2D eigenvalue weighted by molar-refractivity contribution is -0.131. The molecule has 0 heterocycles. The number of benzene rings is 1. The number of hydrogen-bond acceptors (Lipinski definition) is 3. The van der Waals surface area contributed by atoms with Crippen LogP contribution in [0.15, 0.2) is 24.3 Å². The van der Waals surface area contributed by atoms with Crippen molar-refractivity contribution >= 4 is 15.9 Å². The molecule has 1 rings (SSSR count). The van der Waals surface area contributed by atoms with Gasteiger partial charge in [0.15, 0.2) is 0 Å². The van der Waals surface area contributed by atoms with E-state index in [4.69, 9.17) is 5.14 Å². The highest BCUT2D eigenvalue weighted by Gasteiger charge is 2.15. The van der Waals surface area contributed by atoms with Crippen molar-refractivity contribution in [2.45, 2.75) is 32.7 Å². The standard InChI is InChI=1S/C14H21FN2O3S/c1-2-9-17(11-12-6-3-4-7-13(12)15)14(18)8-5-10-21(16,19)20/h3-4,6-7H,2,5,8-11H2,1H3,(H2,16,19,20). The molecule has 118 valence electrons. The third-order valence-corrected chi connectivity index (χ3v) is 3.84. The average molecular weight is 316 g/mol. The Bertz CT molecular complexity index is 575. The van der Waals surface area contributed by atoms with Crippen molar-refractivity contribution in [2.75, 3.05) is 12.3 Å². The summed E-state index contributed by atoms with van der Waals surface area (Å²) in [5.41, 5.74) is 0.450. The number of halogens is 1. The van der Waals surface area contributed by atoms with Gasteiger partial charge in [-0.2, -0.15) is 0 Å². The lowest BCUT2D eigenvalue weighted by atomic mass is 10.2. The molecule has 0 unspecified atom stereocenters. The fraction of sp³-hybridized carbons (Fsp3) is 0.500. The molecule has 1 aromatic rings. The van der Waals surface area contributed by atoms with Gasteiger partial charge >= 0.3 is 0 Å². The van der Waals surface area contributed by atoms with Gasteiger partial charge in [0.05, 0.1) is 5.75 Å². The monoisotopic (exact) mass is 316 g/mol. The summed E-state index contributed by atoms with van der Waals surface area (Å²) in [6.45, 7) is 2.61. The molecule has 0 bridgehead atoms. The molecule has 1 aromatic carbocycles. The van der Waals surface area contributed by atoms with Crippen molar-refractivity contribution in [2.24, 2.45) is 5.14 Å². The Morgan fingerprint density at radius 2 is 2.00 bits per heavy atom. The molecule has 21 heavy (non-hydrogen) atoms. The fourth-order valence-corrected chi connectivity index (χ4v) is 2.52. The third kappa shape index (κ3) is 6.68. The summed E-state index contributed by atoms with van der Waals surface area (Å²) in [6.07, 6.45) is 1.01. The van der Waals surface area contributed by atoms with Gasteiger partial charge in [-0.1, -0.05) is 25.1 Å². The molecule has 0 aliphatic rings. The van der Waals surface area contributed by atoms with Crippen LogP contribution in [0.25, 0.3) is 0 Å². The molecule has 0 saturated heterocycles. The first kappa shape index (κ1) is 17.6. The fourth-order valence-electron chi connectivity index (χ4n) is 1.98. The number of hydrogen-bond donors (Lipinski definition) is 1. The van der Waals surface area contributed by atoms with Crippen LogP contribution in [0.3, 0.4) is 0 Å². The molecule has 0 saturated carbocycles. The van der Waals surface area contributed by atoms with E-state index < -0.39 is 10.0 Å². The summed E-state index contributed by atoms with van der Waals surface area (Å²) >= 11 is 0. The highest BCUT2D eigenvalue weighted by molar-refractivity contribution is 7.89. The molecule has 5 nitrogen and oxygen atoms in total. The zero-order chi connectivity index (χ0) is 15.9. The van der Waals surface area contributed by atoms with E-state index in [1.54, 1.807) is 23.1 Å². The molecular weight excluding hydrogens is 295 g/mol. The van der Waals surface area contributed by atoms with Crippen LogP contribution >= 0.6 is 0 Å². The van der Waals surface area contributed by atoms with Gasteiger partial charge < -0.3 is 4.90 Å². The second kappa shape index (κ2) is 8.09. The molecule has 0 aliphatic heterocycles. The predicted molar refractivity (Wildman–Crippen MR) is 79.3 cm³/mol. The minimum Gasteiger partial charge on any atom is -0.338 e. The van der Waals surface area contributed by atoms with Crippen molar-refractivity contribution in [3.05, 3.63) is 35.6 Å². The van der Waals surface area contributed by atoms with Crippen molar-refractivity contribution in [1.82, 2.24) is 4.90 Å². The lowest BCUT2D eigenvalue weighted by Crippen LogP contribution is -2.32. The van der Waals surface area contributed by atoms with Gasteiger partial charge in [-0.05, 0) is 18.9 Å². The zero-order valence-corrected chi connectivity index (χ0v) is 12.9. The molecule has 7 heteroatoms. The Morgan fingerprint density at radius 3 is 2.57 bits per heavy atom. The van der Waals surface area contributed by atoms with Crippen LogP contribution in [0.2, 0.25) is 0 Å². The maximum Gasteiger partial charge on any atom is 0.222 e. The molecule has 0 radical (unpaired) electrons. The van der Waals surface area contributed by atoms with E-state index in [9.17, 15) is 17.6 Å². The summed E-state index contributed by atoms with van der Waals surface area (Å²) < 4.78 is 35.3. The van der Waals surface area contributed by atoms with E-state index in [1.165, 1.54) is 6.07 Å². The first-order chi connectivity index (χ1) is 9.83. The number of carbonyl (C=O) groups is 1. The third-order valence-electron chi connectivity index (χ3n) is 2.98. The van der Waals surface area contributed by atoms with E-state index in [0.29, 0.717) is 12.1 Å². The van der Waals surface area contributed by atoms with Gasteiger partial charge in [-0.15, -0.1) is 0 Å². The quantitative estimate of drug-likeness (QED) is 0.791. The van der Waals surface area contributed by atoms with Crippen LogP contribution in [0.4, 0.5) is 4.39 Å². The van der Waals surface area contributed by atoms with Crippen molar-refractivity contribution in [1.29, 1.82) is 0 Å². The summed E-state index contributed by atoms with van der Waals surface area (Å²) in [6, 6.07) is 6.30. The second-order valence-electron chi connectivity index (χ2n) is 4.88. The maximum atomic E-state index is 13.6. The van der Waals surface area contributed by atoms with Crippen LogP contribution in [0.5, 0.6) is 0 Å². The highest BCUT2D eigenvalue weighted by Crippen LogP contribution is 2.12. The maximum absolute atomic E-state index is 13.6. The average Bonchev–Trinajstić information content (AvgIpc) is 2.39. The van der Waals surface area contributed by atoms with E-state index in [1.807, 2.05) is 6.92 Å². The number of sulfonamides is 1. The molecule has 1 amide bonds. The number of carbonyl (C=O) groups excluding carboxylic acids is 1. The largest absolute Gasteiger partial charge is 0.338 e. The van der Waals surface area contributed by atoms with Gasteiger partial charge in [0, 0.05) is 25.1 Å². The molecule has 0 aliphatic carbocycles. The van der Waals surface area contributed by atoms with E-state index in [-0.39, 0.29) is 36.9 Å².